The van der Waals surface area contributed by atoms with Crippen LogP contribution in [-0.4, -0.2) is 50.8 Å². The van der Waals surface area contributed by atoms with Crippen molar-refractivity contribution in [2.75, 3.05) is 33.9 Å². The molecule has 1 aliphatic rings. The van der Waals surface area contributed by atoms with E-state index in [0.717, 1.165) is 25.7 Å². The number of nitrogens with one attached hydrogen (secondary N) is 1. The van der Waals surface area contributed by atoms with Gasteiger partial charge >= 0.3 is 0 Å². The maximum atomic E-state index is 5.25. The van der Waals surface area contributed by atoms with Crippen molar-refractivity contribution in [2.45, 2.75) is 24.9 Å². The first kappa shape index (κ1) is 11.7. The van der Waals surface area contributed by atoms with Gasteiger partial charge in [0, 0.05) is 32.3 Å². The van der Waals surface area contributed by atoms with E-state index in [2.05, 4.69) is 16.8 Å². The molecule has 0 saturated heterocycles. The highest BCUT2D eigenvalue weighted by Gasteiger charge is 2.32. The summed E-state index contributed by atoms with van der Waals surface area (Å²) in [6, 6.07) is 1.25. The van der Waals surface area contributed by atoms with Crippen LogP contribution < -0.4 is 5.32 Å². The van der Waals surface area contributed by atoms with Gasteiger partial charge in [-0.2, -0.15) is 0 Å². The summed E-state index contributed by atoms with van der Waals surface area (Å²) in [4.78, 5) is 2.49. The third kappa shape index (κ3) is 3.40. The lowest BCUT2D eigenvalue weighted by Crippen LogP contribution is -2.45. The second-order valence-corrected chi connectivity index (χ2v) is 3.88. The van der Waals surface area contributed by atoms with Gasteiger partial charge in [0.25, 0.3) is 0 Å². The lowest BCUT2D eigenvalue weighted by molar-refractivity contribution is 0.0928. The van der Waals surface area contributed by atoms with Gasteiger partial charge < -0.3 is 10.1 Å². The molecular weight excluding hydrogens is 176 g/mol. The number of rotatable bonds is 8. The Morgan fingerprint density at radius 1 is 1.64 bits per heavy atom. The van der Waals surface area contributed by atoms with E-state index in [-0.39, 0.29) is 0 Å². The zero-order chi connectivity index (χ0) is 10.4. The van der Waals surface area contributed by atoms with Crippen molar-refractivity contribution in [3.63, 3.8) is 0 Å². The third-order valence-corrected chi connectivity index (χ3v) is 2.62. The third-order valence-electron chi connectivity index (χ3n) is 2.62. The summed E-state index contributed by atoms with van der Waals surface area (Å²) in [7, 11) is 3.75. The molecule has 0 aromatic rings. The summed E-state index contributed by atoms with van der Waals surface area (Å²) in [6.45, 7) is 6.56. The maximum absolute atomic E-state index is 5.25. The summed E-state index contributed by atoms with van der Waals surface area (Å²) in [5, 5.41) is 3.22. The fraction of sp³-hybridized carbons (Fsp3) is 0.818. The highest BCUT2D eigenvalue weighted by atomic mass is 16.5. The van der Waals surface area contributed by atoms with E-state index in [9.17, 15) is 0 Å². The molecule has 1 rings (SSSR count). The van der Waals surface area contributed by atoms with Crippen LogP contribution in [0.5, 0.6) is 0 Å². The molecule has 1 aliphatic carbocycles. The second-order valence-electron chi connectivity index (χ2n) is 3.88. The molecule has 1 atom stereocenters. The predicted octanol–water partition coefficient (Wildman–Crippen LogP) is 0.871. The Labute approximate surface area is 87.1 Å². The van der Waals surface area contributed by atoms with Crippen molar-refractivity contribution in [3.8, 4) is 0 Å². The summed E-state index contributed by atoms with van der Waals surface area (Å²) in [5.41, 5.74) is 0. The smallest absolute Gasteiger partial charge is 0.0630 e. The SMILES string of the molecule is C=CCN(C1CC1)C(CNC)COC. The highest BCUT2D eigenvalue weighted by molar-refractivity contribution is 4.92. The van der Waals surface area contributed by atoms with Gasteiger partial charge in [0.05, 0.1) is 6.61 Å². The van der Waals surface area contributed by atoms with Crippen molar-refractivity contribution >= 4 is 0 Å². The average molecular weight is 198 g/mol. The molecule has 1 fully saturated rings. The molecule has 0 heterocycles. The van der Waals surface area contributed by atoms with E-state index < -0.39 is 0 Å². The Morgan fingerprint density at radius 2 is 2.36 bits per heavy atom. The molecule has 0 aromatic carbocycles. The number of likely N-dealkylation sites (N-methyl/N-ethyl adjacent to an activating group) is 1. The van der Waals surface area contributed by atoms with Crippen molar-refractivity contribution in [3.05, 3.63) is 12.7 Å². The van der Waals surface area contributed by atoms with Gasteiger partial charge in [-0.05, 0) is 19.9 Å². The van der Waals surface area contributed by atoms with E-state index in [1.807, 2.05) is 13.1 Å². The normalized spacial score (nSPS) is 18.5. The lowest BCUT2D eigenvalue weighted by Gasteiger charge is -2.30. The Kier molecular flexibility index (Phi) is 5.15. The fourth-order valence-corrected chi connectivity index (χ4v) is 1.85. The van der Waals surface area contributed by atoms with Crippen LogP contribution in [0.25, 0.3) is 0 Å². The van der Waals surface area contributed by atoms with Crippen molar-refractivity contribution in [1.82, 2.24) is 10.2 Å². The van der Waals surface area contributed by atoms with E-state index in [4.69, 9.17) is 4.74 Å². The quantitative estimate of drug-likeness (QED) is 0.586. The van der Waals surface area contributed by atoms with Crippen LogP contribution in [0, 0.1) is 0 Å². The first-order valence-electron chi connectivity index (χ1n) is 5.33. The molecule has 14 heavy (non-hydrogen) atoms. The van der Waals surface area contributed by atoms with Gasteiger partial charge in [-0.3, -0.25) is 4.90 Å². The van der Waals surface area contributed by atoms with Crippen LogP contribution in [-0.2, 0) is 4.74 Å². The molecular formula is C11H22N2O. The minimum atomic E-state index is 0.482. The molecule has 3 heteroatoms. The standard InChI is InChI=1S/C11H22N2O/c1-4-7-13(10-5-6-10)11(8-12-2)9-14-3/h4,10-12H,1,5-9H2,2-3H3. The Morgan fingerprint density at radius 3 is 2.79 bits per heavy atom. The van der Waals surface area contributed by atoms with E-state index in [0.29, 0.717) is 6.04 Å². The zero-order valence-corrected chi connectivity index (χ0v) is 9.33. The van der Waals surface area contributed by atoms with Crippen LogP contribution in [0.15, 0.2) is 12.7 Å². The minimum absolute atomic E-state index is 0.482. The number of nitrogens with zero attached hydrogens (tertiary/aromatic N) is 1. The first-order chi connectivity index (χ1) is 6.83. The molecule has 0 bridgehead atoms. The maximum Gasteiger partial charge on any atom is 0.0630 e. The summed E-state index contributed by atoms with van der Waals surface area (Å²) < 4.78 is 5.25. The molecule has 0 amide bonds. The van der Waals surface area contributed by atoms with Crippen molar-refractivity contribution < 1.29 is 4.74 Å². The van der Waals surface area contributed by atoms with Gasteiger partial charge in [-0.1, -0.05) is 6.08 Å². The number of methoxy groups -OCH3 is 1. The van der Waals surface area contributed by atoms with Crippen LogP contribution in [0.1, 0.15) is 12.8 Å². The molecule has 1 unspecified atom stereocenters. The Balaban J connectivity index is 2.45. The van der Waals surface area contributed by atoms with Crippen LogP contribution in [0.3, 0.4) is 0 Å². The second kappa shape index (κ2) is 6.17. The van der Waals surface area contributed by atoms with Crippen molar-refractivity contribution in [1.29, 1.82) is 0 Å². The van der Waals surface area contributed by atoms with Gasteiger partial charge in [0.15, 0.2) is 0 Å². The molecule has 0 spiro atoms. The summed E-state index contributed by atoms with van der Waals surface area (Å²) >= 11 is 0. The minimum Gasteiger partial charge on any atom is -0.383 e. The van der Waals surface area contributed by atoms with Gasteiger partial charge in [-0.15, -0.1) is 6.58 Å². The first-order valence-corrected chi connectivity index (χ1v) is 5.33. The van der Waals surface area contributed by atoms with Crippen LogP contribution in [0.4, 0.5) is 0 Å². The monoisotopic (exact) mass is 198 g/mol. The molecule has 1 N–H and O–H groups in total. The average Bonchev–Trinajstić information content (AvgIpc) is 2.97. The molecule has 3 nitrogen and oxygen atoms in total. The lowest BCUT2D eigenvalue weighted by atomic mass is 10.2. The molecule has 1 saturated carbocycles. The Hall–Kier alpha value is -0.380. The summed E-state index contributed by atoms with van der Waals surface area (Å²) in [5.74, 6) is 0. The molecule has 0 aromatic heterocycles. The predicted molar refractivity (Wildman–Crippen MR) is 59.5 cm³/mol. The van der Waals surface area contributed by atoms with Crippen LogP contribution >= 0.6 is 0 Å². The van der Waals surface area contributed by atoms with Gasteiger partial charge in [0.1, 0.15) is 0 Å². The zero-order valence-electron chi connectivity index (χ0n) is 9.33. The number of hydrogen-bond donors (Lipinski definition) is 1. The topological polar surface area (TPSA) is 24.5 Å². The number of ether oxygens (including phenoxy) is 1. The van der Waals surface area contributed by atoms with E-state index in [1.165, 1.54) is 12.8 Å². The summed E-state index contributed by atoms with van der Waals surface area (Å²) in [6.07, 6.45) is 4.65. The fourth-order valence-electron chi connectivity index (χ4n) is 1.85. The van der Waals surface area contributed by atoms with Gasteiger partial charge in [-0.25, -0.2) is 0 Å². The van der Waals surface area contributed by atoms with E-state index >= 15 is 0 Å². The Bertz CT molecular complexity index is 163. The van der Waals surface area contributed by atoms with Crippen LogP contribution in [0.2, 0.25) is 0 Å². The highest BCUT2D eigenvalue weighted by Crippen LogP contribution is 2.28. The van der Waals surface area contributed by atoms with Crippen molar-refractivity contribution in [2.24, 2.45) is 0 Å². The molecule has 82 valence electrons. The van der Waals surface area contributed by atoms with E-state index in [1.54, 1.807) is 7.11 Å². The largest absolute Gasteiger partial charge is 0.383 e. The van der Waals surface area contributed by atoms with Gasteiger partial charge in [0.2, 0.25) is 0 Å². The molecule has 0 aliphatic heterocycles. The molecule has 0 radical (unpaired) electrons. The number of hydrogen-bond acceptors (Lipinski definition) is 3.